The van der Waals surface area contributed by atoms with E-state index in [1.807, 2.05) is 13.8 Å². The van der Waals surface area contributed by atoms with E-state index in [4.69, 9.17) is 29.4 Å². The zero-order chi connectivity index (χ0) is 49.6. The fourth-order valence-electron chi connectivity index (χ4n) is 5.70. The third-order valence-electron chi connectivity index (χ3n) is 9.56. The Hall–Kier alpha value is -5.71. The van der Waals surface area contributed by atoms with Crippen LogP contribution in [-0.4, -0.2) is 143 Å². The molecule has 1 aromatic carbocycles. The number of Topliss-reactive ketones (excluding diaryl/α,β-unsaturated/α-hetero) is 1. The summed E-state index contributed by atoms with van der Waals surface area (Å²) in [4.78, 5) is 113. The molecule has 9 N–H and O–H groups in total. The van der Waals surface area contributed by atoms with Gasteiger partial charge in [-0.3, -0.25) is 38.4 Å². The van der Waals surface area contributed by atoms with Crippen molar-refractivity contribution in [2.75, 3.05) is 71.8 Å². The summed E-state index contributed by atoms with van der Waals surface area (Å²) in [5, 5.41) is 24.7. The van der Waals surface area contributed by atoms with Gasteiger partial charge in [0, 0.05) is 55.6 Å². The van der Waals surface area contributed by atoms with Crippen molar-refractivity contribution >= 4 is 59.0 Å². The summed E-state index contributed by atoms with van der Waals surface area (Å²) >= 11 is 0. The number of esters is 1. The number of benzene rings is 1. The number of urea groups is 1. The first-order valence-electron chi connectivity index (χ1n) is 22.1. The van der Waals surface area contributed by atoms with Gasteiger partial charge in [0.05, 0.1) is 58.8 Å². The summed E-state index contributed by atoms with van der Waals surface area (Å²) in [5.41, 5.74) is 5.84. The van der Waals surface area contributed by atoms with Gasteiger partial charge in [0.2, 0.25) is 23.6 Å². The molecule has 7 amide bonds. The van der Waals surface area contributed by atoms with E-state index < -0.39 is 83.9 Å². The van der Waals surface area contributed by atoms with E-state index in [0.29, 0.717) is 45.0 Å². The standard InChI is InChI=1S/C44H71N7O15/c1-27(2)35(52)14-17-62-19-21-64-23-24-65-22-20-63-18-15-36(53)49-34(12-13-37(54)55)41(58)51-38(28(3)4)42(59)50-33(9-8-16-47-44(45)61)40(57)48-31-11-10-30(26-66-43(60)29(5)6)32(25-31)39(56)46-7/h10-11,25,27-29,33-34,38H,8-9,12-24,26H2,1-7H3,(H,46,56)(H,48,57)(H,49,53)(H,50,59)(H,51,58)(H,54,55)(H3,45,47,61)/t33-,34-,38-/m0/s1. The van der Waals surface area contributed by atoms with Crippen LogP contribution in [0, 0.1) is 17.8 Å². The van der Waals surface area contributed by atoms with Crippen molar-refractivity contribution in [2.24, 2.45) is 23.5 Å². The van der Waals surface area contributed by atoms with E-state index >= 15 is 0 Å². The lowest BCUT2D eigenvalue weighted by Gasteiger charge is -2.27. The SMILES string of the molecule is CNC(=O)c1cc(NC(=O)[C@H](CCCNC(N)=O)NC(=O)[C@@H](NC(=O)[C@H](CCC(=O)O)NC(=O)CCOCCOCCOCCOCCC(=O)C(C)C)C(C)C)ccc1COC(=O)C(C)C. The summed E-state index contributed by atoms with van der Waals surface area (Å²) < 4.78 is 27.0. The van der Waals surface area contributed by atoms with Gasteiger partial charge in [-0.2, -0.15) is 0 Å². The van der Waals surface area contributed by atoms with E-state index in [1.54, 1.807) is 27.7 Å². The largest absolute Gasteiger partial charge is 0.481 e. The highest BCUT2D eigenvalue weighted by Gasteiger charge is 2.32. The maximum absolute atomic E-state index is 13.8. The van der Waals surface area contributed by atoms with Gasteiger partial charge in [0.1, 0.15) is 30.5 Å². The molecular weight excluding hydrogens is 867 g/mol. The van der Waals surface area contributed by atoms with Crippen LogP contribution >= 0.6 is 0 Å². The Morgan fingerprint density at radius 3 is 1.77 bits per heavy atom. The van der Waals surface area contributed by atoms with Crippen molar-refractivity contribution in [3.8, 4) is 0 Å². The number of anilines is 1. The van der Waals surface area contributed by atoms with Crippen molar-refractivity contribution in [2.45, 2.75) is 105 Å². The highest BCUT2D eigenvalue weighted by atomic mass is 16.6. The molecule has 0 heterocycles. The highest BCUT2D eigenvalue weighted by Crippen LogP contribution is 2.19. The average molecular weight is 938 g/mol. The average Bonchev–Trinajstić information content (AvgIpc) is 3.26. The fraction of sp³-hybridized carbons (Fsp3) is 0.659. The molecule has 22 heteroatoms. The van der Waals surface area contributed by atoms with Crippen LogP contribution in [0.2, 0.25) is 0 Å². The number of ketones is 1. The van der Waals surface area contributed by atoms with E-state index in [1.165, 1.54) is 25.2 Å². The van der Waals surface area contributed by atoms with Crippen LogP contribution in [0.1, 0.15) is 96.0 Å². The molecule has 0 saturated heterocycles. The van der Waals surface area contributed by atoms with Gasteiger partial charge in [-0.15, -0.1) is 0 Å². The van der Waals surface area contributed by atoms with Gasteiger partial charge in [-0.25, -0.2) is 4.79 Å². The normalized spacial score (nSPS) is 12.5. The molecule has 1 rings (SSSR count). The lowest BCUT2D eigenvalue weighted by molar-refractivity contribution is -0.148. The number of aliphatic carboxylic acids is 1. The van der Waals surface area contributed by atoms with Crippen LogP contribution in [0.15, 0.2) is 18.2 Å². The molecule has 0 aromatic heterocycles. The quantitative estimate of drug-likeness (QED) is 0.0350. The van der Waals surface area contributed by atoms with Crippen molar-refractivity contribution < 1.29 is 71.9 Å². The van der Waals surface area contributed by atoms with Gasteiger partial charge in [-0.05, 0) is 37.3 Å². The third-order valence-corrected chi connectivity index (χ3v) is 9.56. The topological polar surface area (TPSA) is 318 Å². The molecule has 66 heavy (non-hydrogen) atoms. The molecule has 0 fully saturated rings. The maximum atomic E-state index is 13.8. The van der Waals surface area contributed by atoms with E-state index in [0.717, 1.165) is 0 Å². The number of carbonyl (C=O) groups is 9. The minimum atomic E-state index is -1.34. The Balaban J connectivity index is 2.89. The lowest BCUT2D eigenvalue weighted by atomic mass is 10.0. The zero-order valence-corrected chi connectivity index (χ0v) is 39.2. The number of amides is 7. The molecule has 1 aromatic rings. The van der Waals surface area contributed by atoms with E-state index in [9.17, 15) is 48.3 Å². The summed E-state index contributed by atoms with van der Waals surface area (Å²) in [6, 6.07) is -0.271. The van der Waals surface area contributed by atoms with Crippen LogP contribution in [0.5, 0.6) is 0 Å². The minimum Gasteiger partial charge on any atom is -0.481 e. The monoisotopic (exact) mass is 938 g/mol. The number of carboxylic acid groups (broad SMARTS) is 1. The van der Waals surface area contributed by atoms with Crippen molar-refractivity contribution in [3.63, 3.8) is 0 Å². The number of nitrogens with two attached hydrogens (primary N) is 1. The number of carbonyl (C=O) groups excluding carboxylic acids is 8. The Morgan fingerprint density at radius 1 is 0.667 bits per heavy atom. The molecule has 0 saturated carbocycles. The summed E-state index contributed by atoms with van der Waals surface area (Å²) in [5.74, 6) is -5.98. The van der Waals surface area contributed by atoms with Crippen LogP contribution in [0.25, 0.3) is 0 Å². The number of ether oxygens (including phenoxy) is 5. The first-order chi connectivity index (χ1) is 31.3. The second-order valence-electron chi connectivity index (χ2n) is 16.1. The van der Waals surface area contributed by atoms with Crippen molar-refractivity contribution in [1.82, 2.24) is 26.6 Å². The number of hydrogen-bond donors (Lipinski definition) is 8. The molecule has 0 aliphatic rings. The molecule has 0 spiro atoms. The summed E-state index contributed by atoms with van der Waals surface area (Å²) in [6.07, 6.45) is -0.411. The molecule has 0 aliphatic carbocycles. The maximum Gasteiger partial charge on any atom is 0.312 e. The molecule has 22 nitrogen and oxygen atoms in total. The van der Waals surface area contributed by atoms with Crippen LogP contribution in [-0.2, 0) is 63.9 Å². The second kappa shape index (κ2) is 32.9. The number of primary amides is 1. The first-order valence-corrected chi connectivity index (χ1v) is 22.1. The lowest BCUT2D eigenvalue weighted by Crippen LogP contribution is -2.58. The molecule has 3 atom stereocenters. The molecule has 0 aliphatic heterocycles. The molecule has 0 bridgehead atoms. The van der Waals surface area contributed by atoms with Crippen LogP contribution in [0.4, 0.5) is 10.5 Å². The molecule has 0 radical (unpaired) electrons. The summed E-state index contributed by atoms with van der Waals surface area (Å²) in [7, 11) is 1.41. The van der Waals surface area contributed by atoms with Gasteiger partial charge < -0.3 is 66.4 Å². The number of rotatable bonds is 35. The molecule has 0 unspecified atom stereocenters. The Bertz CT molecular complexity index is 1740. The molecule has 372 valence electrons. The van der Waals surface area contributed by atoms with Gasteiger partial charge in [0.15, 0.2) is 0 Å². The smallest absolute Gasteiger partial charge is 0.312 e. The Morgan fingerprint density at radius 2 is 1.24 bits per heavy atom. The van der Waals surface area contributed by atoms with Gasteiger partial charge in [0.25, 0.3) is 5.91 Å². The van der Waals surface area contributed by atoms with Gasteiger partial charge >= 0.3 is 18.0 Å². The van der Waals surface area contributed by atoms with Gasteiger partial charge in [-0.1, -0.05) is 47.6 Å². The molecular formula is C44H71N7O15. The van der Waals surface area contributed by atoms with Crippen molar-refractivity contribution in [1.29, 1.82) is 0 Å². The van der Waals surface area contributed by atoms with Crippen LogP contribution in [0.3, 0.4) is 0 Å². The van der Waals surface area contributed by atoms with Crippen LogP contribution < -0.4 is 37.6 Å². The first kappa shape index (κ1) is 58.3. The van der Waals surface area contributed by atoms with Crippen molar-refractivity contribution in [3.05, 3.63) is 29.3 Å². The highest BCUT2D eigenvalue weighted by molar-refractivity contribution is 6.01. The zero-order valence-electron chi connectivity index (χ0n) is 39.2. The summed E-state index contributed by atoms with van der Waals surface area (Å²) in [6.45, 7) is 12.2. The predicted molar refractivity (Wildman–Crippen MR) is 240 cm³/mol. The Labute approximate surface area is 386 Å². The van der Waals surface area contributed by atoms with E-state index in [2.05, 4.69) is 31.9 Å². The Kier molecular flexibility index (Phi) is 29.0. The minimum absolute atomic E-state index is 0.0116. The number of carboxylic acids is 1. The second-order valence-corrected chi connectivity index (χ2v) is 16.1. The van der Waals surface area contributed by atoms with E-state index in [-0.39, 0.29) is 81.6 Å². The predicted octanol–water partition coefficient (Wildman–Crippen LogP) is 1.18. The fourth-order valence-corrected chi connectivity index (χ4v) is 5.70. The number of nitrogens with one attached hydrogen (secondary N) is 6. The third kappa shape index (κ3) is 25.1. The number of hydrogen-bond acceptors (Lipinski definition) is 14.